The van der Waals surface area contributed by atoms with E-state index in [1.165, 1.54) is 43.8 Å². The zero-order chi connectivity index (χ0) is 60.0. The molecule has 0 aliphatic heterocycles. The van der Waals surface area contributed by atoms with Gasteiger partial charge in [0.2, 0.25) is 0 Å². The van der Waals surface area contributed by atoms with Crippen molar-refractivity contribution in [3.05, 3.63) is 376 Å². The highest BCUT2D eigenvalue weighted by Gasteiger charge is 2.20. The second kappa shape index (κ2) is 24.8. The standard InChI is InChI=1S/C86H62N4/c1-7-19-63(20-8-1)65-33-49-79(50-34-65)89(81-53-41-69(42-54-81)67-37-45-77(46-38-67)87(73-23-11-3-12-24-73)74-25-13-4-14-26-74)83-57-59-85-71(61-83)31-32-72-62-84(58-60-86(72)85)90(80-51-35-66(36-52-80)64-21-9-2-10-22-64)82-55-43-70(44-56-82)68-39-47-78(48-40-68)88(75-27-15-5-16-28-75)76-29-17-6-18-30-76/h1-62H. The summed E-state index contributed by atoms with van der Waals surface area (Å²) in [5, 5.41) is 4.73. The number of benzene rings is 15. The molecule has 0 aliphatic carbocycles. The zero-order valence-electron chi connectivity index (χ0n) is 49.6. The number of para-hydroxylation sites is 4. The third-order valence-corrected chi connectivity index (χ3v) is 17.0. The molecule has 0 heterocycles. The monoisotopic (exact) mass is 1150 g/mol. The van der Waals surface area contributed by atoms with Crippen molar-refractivity contribution in [2.75, 3.05) is 19.6 Å². The van der Waals surface area contributed by atoms with Crippen LogP contribution in [0.2, 0.25) is 0 Å². The molecule has 4 nitrogen and oxygen atoms in total. The molecule has 0 amide bonds. The lowest BCUT2D eigenvalue weighted by molar-refractivity contribution is 1.28. The molecule has 0 aliphatic rings. The first-order valence-corrected chi connectivity index (χ1v) is 30.7. The molecule has 0 unspecified atom stereocenters. The van der Waals surface area contributed by atoms with Crippen molar-refractivity contribution in [3.63, 3.8) is 0 Å². The first-order valence-electron chi connectivity index (χ1n) is 30.7. The minimum Gasteiger partial charge on any atom is -0.311 e. The third kappa shape index (κ3) is 11.2. The quantitative estimate of drug-likeness (QED) is 0.0894. The third-order valence-electron chi connectivity index (χ3n) is 17.0. The van der Waals surface area contributed by atoms with Gasteiger partial charge < -0.3 is 19.6 Å². The van der Waals surface area contributed by atoms with Crippen molar-refractivity contribution in [1.82, 2.24) is 0 Å². The Labute approximate surface area is 527 Å². The number of hydrogen-bond acceptors (Lipinski definition) is 4. The maximum atomic E-state index is 2.37. The van der Waals surface area contributed by atoms with Crippen LogP contribution in [-0.2, 0) is 0 Å². The van der Waals surface area contributed by atoms with Gasteiger partial charge in [0.15, 0.2) is 0 Å². The summed E-state index contributed by atoms with van der Waals surface area (Å²) in [6, 6.07) is 135. The Morgan fingerprint density at radius 2 is 0.289 bits per heavy atom. The van der Waals surface area contributed by atoms with Crippen molar-refractivity contribution < 1.29 is 0 Å². The second-order valence-corrected chi connectivity index (χ2v) is 22.6. The molecule has 426 valence electrons. The van der Waals surface area contributed by atoms with Gasteiger partial charge >= 0.3 is 0 Å². The van der Waals surface area contributed by atoms with Gasteiger partial charge in [-0.2, -0.15) is 0 Å². The molecule has 90 heavy (non-hydrogen) atoms. The Bertz CT molecular complexity index is 4460. The predicted octanol–water partition coefficient (Wildman–Crippen LogP) is 24.5. The van der Waals surface area contributed by atoms with Crippen LogP contribution in [0.15, 0.2) is 376 Å². The van der Waals surface area contributed by atoms with E-state index in [0.29, 0.717) is 0 Å². The maximum absolute atomic E-state index is 2.37. The smallest absolute Gasteiger partial charge is 0.0468 e. The van der Waals surface area contributed by atoms with Gasteiger partial charge in [0.05, 0.1) is 0 Å². The van der Waals surface area contributed by atoms with Crippen molar-refractivity contribution in [2.24, 2.45) is 0 Å². The molecule has 4 heteroatoms. The van der Waals surface area contributed by atoms with Crippen molar-refractivity contribution in [1.29, 1.82) is 0 Å². The molecule has 0 saturated heterocycles. The molecule has 0 N–H and O–H groups in total. The second-order valence-electron chi connectivity index (χ2n) is 22.6. The maximum Gasteiger partial charge on any atom is 0.0468 e. The van der Waals surface area contributed by atoms with E-state index in [4.69, 9.17) is 0 Å². The Morgan fingerprint density at radius 3 is 0.511 bits per heavy atom. The fraction of sp³-hybridized carbons (Fsp3) is 0. The molecule has 15 aromatic rings. The number of rotatable bonds is 16. The van der Waals surface area contributed by atoms with Gasteiger partial charge in [-0.1, -0.05) is 231 Å². The molecular weight excluding hydrogens is 1090 g/mol. The average molecular weight is 1150 g/mol. The van der Waals surface area contributed by atoms with Crippen molar-refractivity contribution in [2.45, 2.75) is 0 Å². The molecule has 0 spiro atoms. The fourth-order valence-electron chi connectivity index (χ4n) is 12.5. The summed E-state index contributed by atoms with van der Waals surface area (Å²) in [5.74, 6) is 0. The summed E-state index contributed by atoms with van der Waals surface area (Å²) in [5.41, 5.74) is 22.5. The van der Waals surface area contributed by atoms with Crippen molar-refractivity contribution >= 4 is 89.8 Å². The summed E-state index contributed by atoms with van der Waals surface area (Å²) >= 11 is 0. The lowest BCUT2D eigenvalue weighted by atomic mass is 9.99. The normalized spacial score (nSPS) is 11.1. The summed E-state index contributed by atoms with van der Waals surface area (Å²) < 4.78 is 0. The van der Waals surface area contributed by atoms with Crippen molar-refractivity contribution in [3.8, 4) is 44.5 Å². The summed E-state index contributed by atoms with van der Waals surface area (Å²) in [4.78, 5) is 9.34. The molecular formula is C86H62N4. The van der Waals surface area contributed by atoms with E-state index in [1.54, 1.807) is 0 Å². The minimum atomic E-state index is 1.07. The summed E-state index contributed by atoms with van der Waals surface area (Å²) in [7, 11) is 0. The van der Waals surface area contributed by atoms with E-state index in [-0.39, 0.29) is 0 Å². The summed E-state index contributed by atoms with van der Waals surface area (Å²) in [6.07, 6.45) is 0. The number of nitrogens with zero attached hydrogens (tertiary/aromatic N) is 4. The highest BCUT2D eigenvalue weighted by molar-refractivity contribution is 6.10. The van der Waals surface area contributed by atoms with Crippen LogP contribution >= 0.6 is 0 Å². The Balaban J connectivity index is 0.751. The van der Waals surface area contributed by atoms with Gasteiger partial charge in [0, 0.05) is 68.2 Å². The van der Waals surface area contributed by atoms with Gasteiger partial charge in [0.1, 0.15) is 0 Å². The highest BCUT2D eigenvalue weighted by Crippen LogP contribution is 2.44. The van der Waals surface area contributed by atoms with E-state index in [0.717, 1.165) is 90.5 Å². The van der Waals surface area contributed by atoms with Gasteiger partial charge in [-0.05, 0) is 212 Å². The molecule has 0 atom stereocenters. The first kappa shape index (κ1) is 54.7. The van der Waals surface area contributed by atoms with Crippen LogP contribution in [0, 0.1) is 0 Å². The molecule has 0 aromatic heterocycles. The van der Waals surface area contributed by atoms with E-state index >= 15 is 0 Å². The molecule has 15 rings (SSSR count). The molecule has 15 aromatic carbocycles. The van der Waals surface area contributed by atoms with Crippen LogP contribution < -0.4 is 19.6 Å². The lowest BCUT2D eigenvalue weighted by Crippen LogP contribution is -2.10. The number of anilines is 12. The largest absolute Gasteiger partial charge is 0.311 e. The lowest BCUT2D eigenvalue weighted by Gasteiger charge is -2.27. The Hall–Kier alpha value is -12.0. The Morgan fingerprint density at radius 1 is 0.122 bits per heavy atom. The zero-order valence-corrected chi connectivity index (χ0v) is 49.6. The van der Waals surface area contributed by atoms with E-state index in [2.05, 4.69) is 396 Å². The average Bonchev–Trinajstić information content (AvgIpc) is 1.04. The molecule has 0 fully saturated rings. The first-order chi connectivity index (χ1) is 44.6. The topological polar surface area (TPSA) is 13.0 Å². The minimum absolute atomic E-state index is 1.07. The predicted molar refractivity (Wildman–Crippen MR) is 382 cm³/mol. The summed E-state index contributed by atoms with van der Waals surface area (Å²) in [6.45, 7) is 0. The van der Waals surface area contributed by atoms with E-state index < -0.39 is 0 Å². The van der Waals surface area contributed by atoms with Crippen LogP contribution in [0.4, 0.5) is 68.2 Å². The highest BCUT2D eigenvalue weighted by atomic mass is 15.2. The van der Waals surface area contributed by atoms with Crippen LogP contribution in [-0.4, -0.2) is 0 Å². The molecule has 0 bridgehead atoms. The number of fused-ring (bicyclic) bond motifs is 3. The van der Waals surface area contributed by atoms with E-state index in [1.807, 2.05) is 0 Å². The van der Waals surface area contributed by atoms with Crippen LogP contribution in [0.5, 0.6) is 0 Å². The van der Waals surface area contributed by atoms with Gasteiger partial charge in [0.25, 0.3) is 0 Å². The van der Waals surface area contributed by atoms with Crippen LogP contribution in [0.1, 0.15) is 0 Å². The van der Waals surface area contributed by atoms with Gasteiger partial charge in [-0.3, -0.25) is 0 Å². The van der Waals surface area contributed by atoms with Gasteiger partial charge in [-0.15, -0.1) is 0 Å². The number of hydrogen-bond donors (Lipinski definition) is 0. The van der Waals surface area contributed by atoms with Crippen LogP contribution in [0.25, 0.3) is 66.1 Å². The molecule has 0 saturated carbocycles. The fourth-order valence-corrected chi connectivity index (χ4v) is 12.5. The van der Waals surface area contributed by atoms with Gasteiger partial charge in [-0.25, -0.2) is 0 Å². The van der Waals surface area contributed by atoms with E-state index in [9.17, 15) is 0 Å². The SMILES string of the molecule is c1ccc(-c2ccc(N(c3ccc(-c4ccc(N(c5ccccc5)c5ccccc5)cc4)cc3)c3ccc4c(ccc5cc(N(c6ccc(-c7ccccc7)cc6)c6ccc(-c7ccc(N(c8ccccc8)c8ccccc8)cc7)cc6)ccc54)c3)cc2)cc1. The Kier molecular flexibility index (Phi) is 15.0. The van der Waals surface area contributed by atoms with Crippen LogP contribution in [0.3, 0.4) is 0 Å². The molecule has 0 radical (unpaired) electrons.